The van der Waals surface area contributed by atoms with Crippen LogP contribution < -0.4 is 0 Å². The molecule has 100 valence electrons. The number of benzene rings is 1. The van der Waals surface area contributed by atoms with Gasteiger partial charge in [0, 0.05) is 6.42 Å². The van der Waals surface area contributed by atoms with Crippen molar-refractivity contribution in [3.8, 4) is 0 Å². The van der Waals surface area contributed by atoms with Gasteiger partial charge in [-0.2, -0.15) is 0 Å². The monoisotopic (exact) mass is 253 g/mol. The molecule has 0 amide bonds. The number of nitrogens with zero attached hydrogens (tertiary/aromatic N) is 1. The van der Waals surface area contributed by atoms with Gasteiger partial charge >= 0.3 is 5.97 Å². The van der Waals surface area contributed by atoms with Gasteiger partial charge in [-0.3, -0.25) is 14.5 Å². The normalized spacial score (nSPS) is 12.4. The Balaban J connectivity index is 2.80. The predicted molar refractivity (Wildman–Crippen MR) is 66.4 cm³/mol. The van der Waals surface area contributed by atoms with Crippen LogP contribution in [0.15, 0.2) is 30.3 Å². The largest absolute Gasteiger partial charge is 0.465 e. The fourth-order valence-electron chi connectivity index (χ4n) is 1.65. The molecule has 1 atom stereocenters. The Kier molecular flexibility index (Phi) is 6.35. The van der Waals surface area contributed by atoms with Crippen LogP contribution in [0.4, 0.5) is 0 Å². The second kappa shape index (κ2) is 7.81. The fourth-order valence-corrected chi connectivity index (χ4v) is 1.65. The lowest BCUT2D eigenvalue weighted by molar-refractivity contribution is -0.360. The van der Waals surface area contributed by atoms with E-state index in [2.05, 4.69) is 0 Å². The van der Waals surface area contributed by atoms with Gasteiger partial charge in [0.2, 0.25) is 0 Å². The Morgan fingerprint density at radius 3 is 2.33 bits per heavy atom. The van der Waals surface area contributed by atoms with Gasteiger partial charge in [0.15, 0.2) is 6.04 Å². The van der Waals surface area contributed by atoms with Crippen LogP contribution in [0.1, 0.15) is 12.5 Å². The molecule has 1 aromatic carbocycles. The molecule has 0 aliphatic carbocycles. The minimum absolute atomic E-state index is 0.325. The second-order valence-corrected chi connectivity index (χ2v) is 3.61. The van der Waals surface area contributed by atoms with Crippen molar-refractivity contribution in [1.29, 1.82) is 0 Å². The van der Waals surface area contributed by atoms with Crippen LogP contribution in [0, 0.1) is 0 Å². The number of carbonyl (C=O) groups is 1. The molecule has 0 saturated heterocycles. The smallest absolute Gasteiger partial charge is 0.328 e. The maximum atomic E-state index is 11.9. The molecule has 0 spiro atoms. The first kappa shape index (κ1) is 14.6. The minimum Gasteiger partial charge on any atom is -0.465 e. The lowest BCUT2D eigenvalue weighted by Crippen LogP contribution is -2.42. The van der Waals surface area contributed by atoms with Crippen LogP contribution in [0.2, 0.25) is 0 Å². The molecule has 0 bridgehead atoms. The molecule has 5 nitrogen and oxygen atoms in total. The SMILES string of the molecule is CCOC(=O)[C@H](Cc1ccccc1)N(OC)OC. The van der Waals surface area contributed by atoms with Gasteiger partial charge in [-0.25, -0.2) is 0 Å². The number of carbonyl (C=O) groups excluding carboxylic acids is 1. The summed E-state index contributed by atoms with van der Waals surface area (Å²) in [5.41, 5.74) is 1.01. The van der Waals surface area contributed by atoms with E-state index in [1.165, 1.54) is 14.2 Å². The predicted octanol–water partition coefficient (Wildman–Crippen LogP) is 1.59. The van der Waals surface area contributed by atoms with Crippen LogP contribution in [-0.2, 0) is 25.6 Å². The molecule has 0 unspecified atom stereocenters. The van der Waals surface area contributed by atoms with Crippen molar-refractivity contribution in [2.45, 2.75) is 19.4 Å². The highest BCUT2D eigenvalue weighted by atomic mass is 16.9. The third-order valence-corrected chi connectivity index (χ3v) is 2.44. The summed E-state index contributed by atoms with van der Waals surface area (Å²) in [7, 11) is 2.89. The summed E-state index contributed by atoms with van der Waals surface area (Å²) in [6.45, 7) is 2.09. The van der Waals surface area contributed by atoms with E-state index >= 15 is 0 Å². The summed E-state index contributed by atoms with van der Waals surface area (Å²) in [6.07, 6.45) is 0.460. The van der Waals surface area contributed by atoms with E-state index in [-0.39, 0.29) is 5.97 Å². The van der Waals surface area contributed by atoms with Crippen molar-refractivity contribution >= 4 is 5.97 Å². The van der Waals surface area contributed by atoms with Gasteiger partial charge in [0.05, 0.1) is 20.8 Å². The number of rotatable bonds is 7. The molecule has 0 fully saturated rings. The van der Waals surface area contributed by atoms with Crippen molar-refractivity contribution in [3.05, 3.63) is 35.9 Å². The number of hydroxylamine groups is 2. The number of hydrogen-bond acceptors (Lipinski definition) is 5. The zero-order valence-electron chi connectivity index (χ0n) is 11.0. The summed E-state index contributed by atoms with van der Waals surface area (Å²) < 4.78 is 5.02. The Labute approximate surface area is 107 Å². The maximum absolute atomic E-state index is 11.9. The first-order chi connectivity index (χ1) is 8.72. The van der Waals surface area contributed by atoms with Gasteiger partial charge < -0.3 is 4.74 Å². The molecule has 0 aromatic heterocycles. The Hall–Kier alpha value is -1.43. The van der Waals surface area contributed by atoms with Crippen molar-refractivity contribution < 1.29 is 19.2 Å². The number of esters is 1. The summed E-state index contributed by atoms with van der Waals surface area (Å²) in [6, 6.07) is 9.02. The molecule has 0 aliphatic rings. The number of ether oxygens (including phenoxy) is 1. The molecule has 0 saturated carbocycles. The molecule has 1 rings (SSSR count). The van der Waals surface area contributed by atoms with Crippen LogP contribution in [0.25, 0.3) is 0 Å². The Bertz CT molecular complexity index is 351. The lowest BCUT2D eigenvalue weighted by atomic mass is 10.1. The topological polar surface area (TPSA) is 48.0 Å². The molecule has 0 radical (unpaired) electrons. The summed E-state index contributed by atoms with van der Waals surface area (Å²) >= 11 is 0. The zero-order valence-corrected chi connectivity index (χ0v) is 11.0. The molecular formula is C13H19NO4. The van der Waals surface area contributed by atoms with Crippen LogP contribution in [-0.4, -0.2) is 38.1 Å². The lowest BCUT2D eigenvalue weighted by Gasteiger charge is -2.25. The minimum atomic E-state index is -0.623. The third-order valence-electron chi connectivity index (χ3n) is 2.44. The summed E-state index contributed by atoms with van der Waals surface area (Å²) in [5, 5.41) is 1.14. The molecular weight excluding hydrogens is 234 g/mol. The van der Waals surface area contributed by atoms with E-state index in [4.69, 9.17) is 14.4 Å². The van der Waals surface area contributed by atoms with Crippen LogP contribution in [0.3, 0.4) is 0 Å². The molecule has 0 N–H and O–H groups in total. The summed E-state index contributed by atoms with van der Waals surface area (Å²) in [5.74, 6) is -0.370. The van der Waals surface area contributed by atoms with E-state index in [1.54, 1.807) is 6.92 Å². The first-order valence-corrected chi connectivity index (χ1v) is 5.81. The zero-order chi connectivity index (χ0) is 13.4. The fraction of sp³-hybridized carbons (Fsp3) is 0.462. The van der Waals surface area contributed by atoms with E-state index in [0.29, 0.717) is 13.0 Å². The van der Waals surface area contributed by atoms with Gasteiger partial charge in [-0.15, -0.1) is 0 Å². The van der Waals surface area contributed by atoms with Crippen molar-refractivity contribution in [2.75, 3.05) is 20.8 Å². The van der Waals surface area contributed by atoms with Crippen molar-refractivity contribution in [3.63, 3.8) is 0 Å². The van der Waals surface area contributed by atoms with Gasteiger partial charge in [0.25, 0.3) is 0 Å². The van der Waals surface area contributed by atoms with Crippen molar-refractivity contribution in [2.24, 2.45) is 0 Å². The highest BCUT2D eigenvalue weighted by molar-refractivity contribution is 5.75. The Morgan fingerprint density at radius 1 is 1.22 bits per heavy atom. The standard InChI is InChI=1S/C13H19NO4/c1-4-18-13(15)12(14(16-2)17-3)10-11-8-6-5-7-9-11/h5-9,12H,4,10H2,1-3H3/t12-/m0/s1. The number of hydrogen-bond donors (Lipinski definition) is 0. The highest BCUT2D eigenvalue weighted by Gasteiger charge is 2.28. The Morgan fingerprint density at radius 2 is 1.83 bits per heavy atom. The average Bonchev–Trinajstić information content (AvgIpc) is 2.40. The molecule has 0 heterocycles. The molecule has 0 aliphatic heterocycles. The average molecular weight is 253 g/mol. The maximum Gasteiger partial charge on any atom is 0.328 e. The van der Waals surface area contributed by atoms with E-state index in [1.807, 2.05) is 30.3 Å². The molecule has 18 heavy (non-hydrogen) atoms. The van der Waals surface area contributed by atoms with Crippen molar-refractivity contribution in [1.82, 2.24) is 5.23 Å². The van der Waals surface area contributed by atoms with Crippen LogP contribution >= 0.6 is 0 Å². The first-order valence-electron chi connectivity index (χ1n) is 5.81. The molecule has 5 heteroatoms. The quantitative estimate of drug-likeness (QED) is 0.545. The third kappa shape index (κ3) is 4.10. The van der Waals surface area contributed by atoms with E-state index < -0.39 is 6.04 Å². The van der Waals surface area contributed by atoms with E-state index in [0.717, 1.165) is 10.8 Å². The second-order valence-electron chi connectivity index (χ2n) is 3.61. The summed E-state index contributed by atoms with van der Waals surface area (Å²) in [4.78, 5) is 21.9. The highest BCUT2D eigenvalue weighted by Crippen LogP contribution is 2.11. The van der Waals surface area contributed by atoms with Gasteiger partial charge in [0.1, 0.15) is 0 Å². The van der Waals surface area contributed by atoms with E-state index in [9.17, 15) is 4.79 Å². The van der Waals surface area contributed by atoms with Gasteiger partial charge in [-0.05, 0) is 12.5 Å². The molecule has 1 aromatic rings. The van der Waals surface area contributed by atoms with Crippen LogP contribution in [0.5, 0.6) is 0 Å². The van der Waals surface area contributed by atoms with Gasteiger partial charge in [-0.1, -0.05) is 35.6 Å².